The van der Waals surface area contributed by atoms with Crippen molar-refractivity contribution in [1.29, 1.82) is 0 Å². The highest BCUT2D eigenvalue weighted by Crippen LogP contribution is 2.29. The summed E-state index contributed by atoms with van der Waals surface area (Å²) >= 11 is 5.77. The van der Waals surface area contributed by atoms with Crippen molar-refractivity contribution in [1.82, 2.24) is 9.88 Å². The minimum atomic E-state index is -0.312. The third-order valence-electron chi connectivity index (χ3n) is 5.03. The summed E-state index contributed by atoms with van der Waals surface area (Å²) in [5.74, 6) is 0.856. The van der Waals surface area contributed by atoms with Crippen molar-refractivity contribution in [2.24, 2.45) is 5.92 Å². The van der Waals surface area contributed by atoms with E-state index in [0.717, 1.165) is 31.8 Å². The smallest absolute Gasteiger partial charge is 0.167 e. The van der Waals surface area contributed by atoms with Gasteiger partial charge in [-0.15, -0.1) is 0 Å². The molecule has 0 saturated carbocycles. The van der Waals surface area contributed by atoms with Crippen molar-refractivity contribution in [3.63, 3.8) is 0 Å². The van der Waals surface area contributed by atoms with E-state index >= 15 is 0 Å². The van der Waals surface area contributed by atoms with Crippen LogP contribution in [0.4, 0.5) is 10.2 Å². The van der Waals surface area contributed by atoms with Gasteiger partial charge >= 0.3 is 0 Å². The van der Waals surface area contributed by atoms with E-state index in [9.17, 15) is 4.39 Å². The summed E-state index contributed by atoms with van der Waals surface area (Å²) in [6.45, 7) is 6.61. The highest BCUT2D eigenvalue weighted by Gasteiger charge is 2.29. The van der Waals surface area contributed by atoms with E-state index in [-0.39, 0.29) is 5.82 Å². The standard InChI is InChI=1S/C16H23ClFN3/c1-12(20-6-2-3-7-20)13-4-8-21(9-5-13)16-15(18)10-14(17)11-19-16/h10-13H,2-9H2,1H3/t12-/m0/s1. The monoisotopic (exact) mass is 311 g/mol. The lowest BCUT2D eigenvalue weighted by Gasteiger charge is -2.38. The van der Waals surface area contributed by atoms with Crippen molar-refractivity contribution in [2.75, 3.05) is 31.1 Å². The summed E-state index contributed by atoms with van der Waals surface area (Å²) in [7, 11) is 0. The normalized spacial score (nSPS) is 22.7. The number of piperidine rings is 1. The van der Waals surface area contributed by atoms with Crippen LogP contribution in [-0.2, 0) is 0 Å². The lowest BCUT2D eigenvalue weighted by Crippen LogP contribution is -2.43. The molecule has 21 heavy (non-hydrogen) atoms. The van der Waals surface area contributed by atoms with Gasteiger partial charge in [0.1, 0.15) is 0 Å². The molecule has 3 nitrogen and oxygen atoms in total. The van der Waals surface area contributed by atoms with Crippen LogP contribution in [0.3, 0.4) is 0 Å². The number of halogens is 2. The molecule has 2 aliphatic heterocycles. The number of pyridine rings is 1. The topological polar surface area (TPSA) is 19.4 Å². The van der Waals surface area contributed by atoms with Crippen LogP contribution in [0, 0.1) is 11.7 Å². The Morgan fingerprint density at radius 1 is 1.24 bits per heavy atom. The maximum atomic E-state index is 13.9. The predicted molar refractivity (Wildman–Crippen MR) is 84.4 cm³/mol. The molecule has 0 aliphatic carbocycles. The molecule has 0 bridgehead atoms. The number of rotatable bonds is 3. The van der Waals surface area contributed by atoms with E-state index in [2.05, 4.69) is 21.7 Å². The molecule has 0 spiro atoms. The largest absolute Gasteiger partial charge is 0.354 e. The fraction of sp³-hybridized carbons (Fsp3) is 0.688. The fourth-order valence-electron chi connectivity index (χ4n) is 3.68. The van der Waals surface area contributed by atoms with Crippen LogP contribution in [0.5, 0.6) is 0 Å². The van der Waals surface area contributed by atoms with Gasteiger partial charge in [0.2, 0.25) is 0 Å². The molecule has 0 aromatic carbocycles. The minimum absolute atomic E-state index is 0.312. The Kier molecular flexibility index (Phi) is 4.65. The van der Waals surface area contributed by atoms with E-state index < -0.39 is 0 Å². The molecule has 3 rings (SSSR count). The van der Waals surface area contributed by atoms with Crippen LogP contribution in [0.25, 0.3) is 0 Å². The molecule has 2 fully saturated rings. The third kappa shape index (κ3) is 3.32. The fourth-order valence-corrected chi connectivity index (χ4v) is 3.83. The van der Waals surface area contributed by atoms with E-state index in [1.807, 2.05) is 0 Å². The van der Waals surface area contributed by atoms with Crippen LogP contribution >= 0.6 is 11.6 Å². The van der Waals surface area contributed by atoms with Gasteiger partial charge in [0.05, 0.1) is 5.02 Å². The summed E-state index contributed by atoms with van der Waals surface area (Å²) in [6, 6.07) is 2.00. The molecule has 2 aliphatic rings. The molecule has 0 amide bonds. The summed E-state index contributed by atoms with van der Waals surface area (Å²) in [5.41, 5.74) is 0. The maximum absolute atomic E-state index is 13.9. The lowest BCUT2D eigenvalue weighted by molar-refractivity contribution is 0.167. The van der Waals surface area contributed by atoms with Crippen LogP contribution in [0.2, 0.25) is 5.02 Å². The Morgan fingerprint density at radius 2 is 1.90 bits per heavy atom. The number of hydrogen-bond acceptors (Lipinski definition) is 3. The van der Waals surface area contributed by atoms with Crippen molar-refractivity contribution in [2.45, 2.75) is 38.6 Å². The van der Waals surface area contributed by atoms with Gasteiger partial charge in [-0.2, -0.15) is 0 Å². The Balaban J connectivity index is 1.59. The maximum Gasteiger partial charge on any atom is 0.167 e. The van der Waals surface area contributed by atoms with Crippen LogP contribution < -0.4 is 4.90 Å². The highest BCUT2D eigenvalue weighted by molar-refractivity contribution is 6.30. The van der Waals surface area contributed by atoms with Gasteiger partial charge in [-0.3, -0.25) is 0 Å². The Bertz CT molecular complexity index is 482. The second kappa shape index (κ2) is 6.49. The van der Waals surface area contributed by atoms with Gasteiger partial charge in [-0.25, -0.2) is 9.37 Å². The molecule has 1 aromatic heterocycles. The first kappa shape index (κ1) is 15.0. The van der Waals surface area contributed by atoms with E-state index in [4.69, 9.17) is 11.6 Å². The molecule has 3 heterocycles. The SMILES string of the molecule is C[C@@H](C1CCN(c2ncc(Cl)cc2F)CC1)N1CCCC1. The van der Waals surface area contributed by atoms with Crippen molar-refractivity contribution >= 4 is 17.4 Å². The van der Waals surface area contributed by atoms with Gasteiger partial charge in [-0.05, 0) is 57.7 Å². The second-order valence-electron chi connectivity index (χ2n) is 6.27. The first-order valence-electron chi connectivity index (χ1n) is 7.95. The van der Waals surface area contributed by atoms with Crippen molar-refractivity contribution < 1.29 is 4.39 Å². The molecule has 0 unspecified atom stereocenters. The molecule has 0 N–H and O–H groups in total. The van der Waals surface area contributed by atoms with E-state index in [1.165, 1.54) is 38.2 Å². The average molecular weight is 312 g/mol. The Labute approximate surface area is 131 Å². The average Bonchev–Trinajstić information content (AvgIpc) is 3.01. The molecule has 1 aromatic rings. The number of hydrogen-bond donors (Lipinski definition) is 0. The van der Waals surface area contributed by atoms with Crippen molar-refractivity contribution in [3.05, 3.63) is 23.1 Å². The number of aromatic nitrogens is 1. The number of likely N-dealkylation sites (tertiary alicyclic amines) is 1. The van der Waals surface area contributed by atoms with Crippen LogP contribution in [0.15, 0.2) is 12.3 Å². The minimum Gasteiger partial charge on any atom is -0.354 e. The van der Waals surface area contributed by atoms with E-state index in [1.54, 1.807) is 0 Å². The highest BCUT2D eigenvalue weighted by atomic mass is 35.5. The van der Waals surface area contributed by atoms with Crippen LogP contribution in [-0.4, -0.2) is 42.1 Å². The quantitative estimate of drug-likeness (QED) is 0.850. The van der Waals surface area contributed by atoms with Gasteiger partial charge in [-0.1, -0.05) is 11.6 Å². The zero-order chi connectivity index (χ0) is 14.8. The lowest BCUT2D eigenvalue weighted by atomic mass is 9.89. The molecular weight excluding hydrogens is 289 g/mol. The van der Waals surface area contributed by atoms with Crippen LogP contribution in [0.1, 0.15) is 32.6 Å². The summed E-state index contributed by atoms with van der Waals surface area (Å²) < 4.78 is 13.9. The number of nitrogens with zero attached hydrogens (tertiary/aromatic N) is 3. The summed E-state index contributed by atoms with van der Waals surface area (Å²) in [5, 5.41) is 0.355. The van der Waals surface area contributed by atoms with Gasteiger partial charge in [0, 0.05) is 25.3 Å². The summed E-state index contributed by atoms with van der Waals surface area (Å²) in [6.07, 6.45) is 6.42. The van der Waals surface area contributed by atoms with Crippen molar-refractivity contribution in [3.8, 4) is 0 Å². The van der Waals surface area contributed by atoms with Gasteiger partial charge < -0.3 is 9.80 Å². The first-order chi connectivity index (χ1) is 10.1. The molecule has 5 heteroatoms. The molecule has 116 valence electrons. The first-order valence-corrected chi connectivity index (χ1v) is 8.33. The molecule has 0 radical (unpaired) electrons. The molecule has 1 atom stereocenters. The zero-order valence-corrected chi connectivity index (χ0v) is 13.3. The van der Waals surface area contributed by atoms with Gasteiger partial charge in [0.25, 0.3) is 0 Å². The Morgan fingerprint density at radius 3 is 2.52 bits per heavy atom. The predicted octanol–water partition coefficient (Wildman–Crippen LogP) is 3.57. The molecule has 2 saturated heterocycles. The zero-order valence-electron chi connectivity index (χ0n) is 12.6. The Hall–Kier alpha value is -0.870. The summed E-state index contributed by atoms with van der Waals surface area (Å²) in [4.78, 5) is 8.82. The molecular formula is C16H23ClFN3. The van der Waals surface area contributed by atoms with Gasteiger partial charge in [0.15, 0.2) is 11.6 Å². The number of anilines is 1. The second-order valence-corrected chi connectivity index (χ2v) is 6.70. The third-order valence-corrected chi connectivity index (χ3v) is 5.23. The van der Waals surface area contributed by atoms with E-state index in [0.29, 0.717) is 16.9 Å².